The van der Waals surface area contributed by atoms with E-state index < -0.39 is 0 Å². The summed E-state index contributed by atoms with van der Waals surface area (Å²) in [6.07, 6.45) is 8.84. The molecule has 2 aromatic heterocycles. The van der Waals surface area contributed by atoms with E-state index in [1.54, 1.807) is 11.0 Å². The summed E-state index contributed by atoms with van der Waals surface area (Å²) in [6.45, 7) is 2.22. The summed E-state index contributed by atoms with van der Waals surface area (Å²) in [5, 5.41) is 15.2. The van der Waals surface area contributed by atoms with Gasteiger partial charge >= 0.3 is 0 Å². The largest absolute Gasteiger partial charge is 0.414 e. The first-order valence-electron chi connectivity index (χ1n) is 7.82. The Morgan fingerprint density at radius 2 is 2.26 bits per heavy atom. The molecule has 124 valence electrons. The molecule has 3 rings (SSSR count). The average Bonchev–Trinajstić information content (AvgIpc) is 3.21. The molecule has 1 amide bonds. The van der Waals surface area contributed by atoms with Gasteiger partial charge in [-0.1, -0.05) is 31.0 Å². The van der Waals surface area contributed by atoms with E-state index in [4.69, 9.17) is 4.42 Å². The molecule has 23 heavy (non-hydrogen) atoms. The number of aromatic nitrogens is 5. The van der Waals surface area contributed by atoms with Gasteiger partial charge in [-0.25, -0.2) is 9.67 Å². The SMILES string of the molecule is CC(Sc1nnc(Cn2cncn2)o1)C(=O)NC1CCCCC1. The Bertz CT molecular complexity index is 623. The number of nitrogens with zero attached hydrogens (tertiary/aromatic N) is 5. The van der Waals surface area contributed by atoms with Gasteiger partial charge in [0.2, 0.25) is 11.8 Å². The second-order valence-electron chi connectivity index (χ2n) is 5.66. The van der Waals surface area contributed by atoms with Gasteiger partial charge < -0.3 is 9.73 Å². The molecule has 2 aromatic rings. The van der Waals surface area contributed by atoms with E-state index in [0.29, 0.717) is 23.7 Å². The van der Waals surface area contributed by atoms with Crippen molar-refractivity contribution in [1.82, 2.24) is 30.3 Å². The first kappa shape index (κ1) is 16.0. The van der Waals surface area contributed by atoms with E-state index in [9.17, 15) is 4.79 Å². The molecular weight excluding hydrogens is 316 g/mol. The van der Waals surface area contributed by atoms with E-state index in [1.807, 2.05) is 6.92 Å². The Morgan fingerprint density at radius 1 is 1.43 bits per heavy atom. The molecule has 1 fully saturated rings. The van der Waals surface area contributed by atoms with Crippen LogP contribution in [0, 0.1) is 0 Å². The van der Waals surface area contributed by atoms with Crippen molar-refractivity contribution < 1.29 is 9.21 Å². The van der Waals surface area contributed by atoms with Gasteiger partial charge in [-0.15, -0.1) is 10.2 Å². The van der Waals surface area contributed by atoms with Crippen molar-refractivity contribution in [2.75, 3.05) is 0 Å². The van der Waals surface area contributed by atoms with Crippen LogP contribution in [-0.2, 0) is 11.3 Å². The number of thioether (sulfide) groups is 1. The minimum Gasteiger partial charge on any atom is -0.414 e. The summed E-state index contributed by atoms with van der Waals surface area (Å²) in [4.78, 5) is 16.1. The van der Waals surface area contributed by atoms with Crippen LogP contribution in [0.5, 0.6) is 0 Å². The smallest absolute Gasteiger partial charge is 0.277 e. The van der Waals surface area contributed by atoms with Gasteiger partial charge in [0.05, 0.1) is 5.25 Å². The van der Waals surface area contributed by atoms with E-state index in [-0.39, 0.29) is 11.2 Å². The van der Waals surface area contributed by atoms with Crippen molar-refractivity contribution in [3.8, 4) is 0 Å². The average molecular weight is 336 g/mol. The van der Waals surface area contributed by atoms with Crippen molar-refractivity contribution in [2.24, 2.45) is 0 Å². The highest BCUT2D eigenvalue weighted by molar-refractivity contribution is 8.00. The molecule has 2 heterocycles. The van der Waals surface area contributed by atoms with Crippen LogP contribution in [-0.4, -0.2) is 42.2 Å². The van der Waals surface area contributed by atoms with Crippen LogP contribution in [0.15, 0.2) is 22.3 Å². The Labute approximate surface area is 138 Å². The number of amides is 1. The fourth-order valence-corrected chi connectivity index (χ4v) is 3.28. The first-order chi connectivity index (χ1) is 11.2. The third-order valence-electron chi connectivity index (χ3n) is 3.81. The second-order valence-corrected chi connectivity index (χ2v) is 6.95. The Morgan fingerprint density at radius 3 is 3.00 bits per heavy atom. The van der Waals surface area contributed by atoms with Gasteiger partial charge in [0, 0.05) is 6.04 Å². The fourth-order valence-electron chi connectivity index (χ4n) is 2.57. The van der Waals surface area contributed by atoms with Crippen molar-refractivity contribution in [2.45, 2.75) is 62.1 Å². The van der Waals surface area contributed by atoms with E-state index in [2.05, 4.69) is 25.6 Å². The topological polar surface area (TPSA) is 98.7 Å². The van der Waals surface area contributed by atoms with Crippen LogP contribution in [0.2, 0.25) is 0 Å². The van der Waals surface area contributed by atoms with Gasteiger partial charge in [-0.3, -0.25) is 4.79 Å². The molecule has 1 atom stereocenters. The lowest BCUT2D eigenvalue weighted by atomic mass is 9.95. The molecule has 1 aliphatic carbocycles. The standard InChI is InChI=1S/C14H20N6O2S/c1-10(13(21)17-11-5-3-2-4-6-11)23-14-19-18-12(22-14)7-20-9-15-8-16-20/h8-11H,2-7H2,1H3,(H,17,21). The third-order valence-corrected chi connectivity index (χ3v) is 4.74. The third kappa shape index (κ3) is 4.54. The number of rotatable bonds is 6. The molecule has 0 saturated heterocycles. The number of hydrogen-bond donors (Lipinski definition) is 1. The maximum atomic E-state index is 12.2. The number of carbonyl (C=O) groups excluding carboxylic acids is 1. The highest BCUT2D eigenvalue weighted by Gasteiger charge is 2.22. The maximum Gasteiger partial charge on any atom is 0.277 e. The Kier molecular flexibility index (Phi) is 5.27. The van der Waals surface area contributed by atoms with E-state index in [1.165, 1.54) is 37.4 Å². The molecule has 9 heteroatoms. The van der Waals surface area contributed by atoms with Crippen LogP contribution in [0.3, 0.4) is 0 Å². The van der Waals surface area contributed by atoms with Crippen LogP contribution in [0.1, 0.15) is 44.9 Å². The zero-order valence-corrected chi connectivity index (χ0v) is 13.8. The lowest BCUT2D eigenvalue weighted by molar-refractivity contribution is -0.121. The molecule has 1 aliphatic rings. The number of carbonyl (C=O) groups is 1. The molecular formula is C14H20N6O2S. The van der Waals surface area contributed by atoms with Crippen LogP contribution >= 0.6 is 11.8 Å². The summed E-state index contributed by atoms with van der Waals surface area (Å²) in [5.74, 6) is 0.468. The monoisotopic (exact) mass is 336 g/mol. The molecule has 0 bridgehead atoms. The summed E-state index contributed by atoms with van der Waals surface area (Å²) in [7, 11) is 0. The van der Waals surface area contributed by atoms with Gasteiger partial charge in [-0.2, -0.15) is 5.10 Å². The highest BCUT2D eigenvalue weighted by Crippen LogP contribution is 2.23. The molecule has 0 radical (unpaired) electrons. The summed E-state index contributed by atoms with van der Waals surface area (Å²) in [5.41, 5.74) is 0. The number of nitrogens with one attached hydrogen (secondary N) is 1. The molecule has 1 unspecified atom stereocenters. The maximum absolute atomic E-state index is 12.2. The Hall–Kier alpha value is -1.90. The van der Waals surface area contributed by atoms with Crippen LogP contribution in [0.4, 0.5) is 0 Å². The normalized spacial score (nSPS) is 17.1. The fraction of sp³-hybridized carbons (Fsp3) is 0.643. The van der Waals surface area contributed by atoms with E-state index >= 15 is 0 Å². The summed E-state index contributed by atoms with van der Waals surface area (Å²) < 4.78 is 7.14. The summed E-state index contributed by atoms with van der Waals surface area (Å²) >= 11 is 1.28. The lowest BCUT2D eigenvalue weighted by Crippen LogP contribution is -2.40. The molecule has 0 aromatic carbocycles. The first-order valence-corrected chi connectivity index (χ1v) is 8.70. The quantitative estimate of drug-likeness (QED) is 0.801. The minimum atomic E-state index is -0.267. The van der Waals surface area contributed by atoms with Crippen molar-refractivity contribution in [3.63, 3.8) is 0 Å². The van der Waals surface area contributed by atoms with Gasteiger partial charge in [0.1, 0.15) is 19.2 Å². The number of hydrogen-bond acceptors (Lipinski definition) is 7. The van der Waals surface area contributed by atoms with Crippen LogP contribution in [0.25, 0.3) is 0 Å². The molecule has 1 saturated carbocycles. The van der Waals surface area contributed by atoms with E-state index in [0.717, 1.165) is 12.8 Å². The van der Waals surface area contributed by atoms with Crippen molar-refractivity contribution >= 4 is 17.7 Å². The highest BCUT2D eigenvalue weighted by atomic mass is 32.2. The van der Waals surface area contributed by atoms with Gasteiger partial charge in [0.25, 0.3) is 5.22 Å². The zero-order valence-electron chi connectivity index (χ0n) is 13.0. The second kappa shape index (κ2) is 7.58. The lowest BCUT2D eigenvalue weighted by Gasteiger charge is -2.23. The van der Waals surface area contributed by atoms with Crippen LogP contribution < -0.4 is 5.32 Å². The predicted octanol–water partition coefficient (Wildman–Crippen LogP) is 1.64. The minimum absolute atomic E-state index is 0.0259. The molecule has 0 aliphatic heterocycles. The zero-order chi connectivity index (χ0) is 16.1. The summed E-state index contributed by atoms with van der Waals surface area (Å²) in [6, 6.07) is 0.310. The van der Waals surface area contributed by atoms with Gasteiger partial charge in [-0.05, 0) is 19.8 Å². The van der Waals surface area contributed by atoms with Crippen molar-refractivity contribution in [3.05, 3.63) is 18.5 Å². The molecule has 8 nitrogen and oxygen atoms in total. The Balaban J connectivity index is 1.49. The van der Waals surface area contributed by atoms with Gasteiger partial charge in [0.15, 0.2) is 0 Å². The molecule has 0 spiro atoms. The molecule has 1 N–H and O–H groups in total. The predicted molar refractivity (Wildman–Crippen MR) is 83.8 cm³/mol. The van der Waals surface area contributed by atoms with Crippen molar-refractivity contribution in [1.29, 1.82) is 0 Å².